The summed E-state index contributed by atoms with van der Waals surface area (Å²) >= 11 is 0. The Morgan fingerprint density at radius 3 is 2.50 bits per heavy atom. The van der Waals surface area contributed by atoms with E-state index in [1.165, 1.54) is 6.07 Å². The molecule has 1 amide bonds. The number of nitrogens with zero attached hydrogens (tertiary/aromatic N) is 4. The smallest absolute Gasteiger partial charge is 0.416 e. The fourth-order valence-corrected chi connectivity index (χ4v) is 3.05. The predicted octanol–water partition coefficient (Wildman–Crippen LogP) is 3.75. The number of anilines is 1. The zero-order valence-corrected chi connectivity index (χ0v) is 15.7. The van der Waals surface area contributed by atoms with Crippen LogP contribution in [0.1, 0.15) is 18.3 Å². The molecule has 0 N–H and O–H groups in total. The molecule has 0 radical (unpaired) electrons. The lowest BCUT2D eigenvalue weighted by Crippen LogP contribution is -2.49. The largest absolute Gasteiger partial charge is 0.450 e. The number of aryl methyl sites for hydroxylation is 1. The molecule has 1 aliphatic rings. The highest BCUT2D eigenvalue weighted by Crippen LogP contribution is 2.32. The number of benzene rings is 1. The minimum Gasteiger partial charge on any atom is -0.450 e. The maximum Gasteiger partial charge on any atom is 0.416 e. The Morgan fingerprint density at radius 1 is 1.14 bits per heavy atom. The van der Waals surface area contributed by atoms with E-state index in [1.54, 1.807) is 30.9 Å². The van der Waals surface area contributed by atoms with Gasteiger partial charge in [0, 0.05) is 37.8 Å². The standard InChI is InChI=1S/C19H21F3N4O2/c1-3-28-18(27)26-9-7-25(8-10-26)17-12-16(23-13(2)24-17)14-5-4-6-15(11-14)19(20,21)22/h4-6,11-12H,3,7-10H2,1-2H3. The van der Waals surface area contributed by atoms with Crippen LogP contribution in [0.15, 0.2) is 30.3 Å². The van der Waals surface area contributed by atoms with E-state index in [9.17, 15) is 18.0 Å². The van der Waals surface area contributed by atoms with Gasteiger partial charge < -0.3 is 14.5 Å². The van der Waals surface area contributed by atoms with Crippen molar-refractivity contribution in [1.29, 1.82) is 0 Å². The molecule has 0 spiro atoms. The Morgan fingerprint density at radius 2 is 1.86 bits per heavy atom. The average molecular weight is 394 g/mol. The summed E-state index contributed by atoms with van der Waals surface area (Å²) in [6.07, 6.45) is -4.75. The Bertz CT molecular complexity index is 849. The van der Waals surface area contributed by atoms with Gasteiger partial charge in [0.15, 0.2) is 0 Å². The molecule has 1 fully saturated rings. The fraction of sp³-hybridized carbons (Fsp3) is 0.421. The van der Waals surface area contributed by atoms with E-state index < -0.39 is 11.7 Å². The van der Waals surface area contributed by atoms with Gasteiger partial charge in [0.05, 0.1) is 17.9 Å². The average Bonchev–Trinajstić information content (AvgIpc) is 2.67. The van der Waals surface area contributed by atoms with E-state index >= 15 is 0 Å². The summed E-state index contributed by atoms with van der Waals surface area (Å²) < 4.78 is 44.0. The predicted molar refractivity (Wildman–Crippen MR) is 98.0 cm³/mol. The van der Waals surface area contributed by atoms with Crippen molar-refractivity contribution in [3.8, 4) is 11.3 Å². The van der Waals surface area contributed by atoms with Gasteiger partial charge in [-0.1, -0.05) is 12.1 Å². The number of aromatic nitrogens is 2. The molecule has 1 aromatic heterocycles. The number of hydrogen-bond acceptors (Lipinski definition) is 5. The van der Waals surface area contributed by atoms with E-state index in [1.807, 2.05) is 4.90 Å². The summed E-state index contributed by atoms with van der Waals surface area (Å²) in [4.78, 5) is 24.1. The van der Waals surface area contributed by atoms with Crippen LogP contribution in [0.3, 0.4) is 0 Å². The number of rotatable bonds is 3. The molecule has 28 heavy (non-hydrogen) atoms. The molecule has 0 aliphatic carbocycles. The number of ether oxygens (including phenoxy) is 1. The zero-order valence-electron chi connectivity index (χ0n) is 15.7. The van der Waals surface area contributed by atoms with Crippen LogP contribution in [-0.2, 0) is 10.9 Å². The van der Waals surface area contributed by atoms with Gasteiger partial charge in [-0.3, -0.25) is 0 Å². The fourth-order valence-electron chi connectivity index (χ4n) is 3.05. The summed E-state index contributed by atoms with van der Waals surface area (Å²) in [6.45, 7) is 5.86. The summed E-state index contributed by atoms with van der Waals surface area (Å²) in [7, 11) is 0. The first-order valence-corrected chi connectivity index (χ1v) is 8.98. The third kappa shape index (κ3) is 4.52. The molecule has 0 atom stereocenters. The normalized spacial score (nSPS) is 14.9. The molecule has 1 saturated heterocycles. The summed E-state index contributed by atoms with van der Waals surface area (Å²) in [5.74, 6) is 1.10. The Labute approximate surface area is 160 Å². The first-order chi connectivity index (χ1) is 13.3. The lowest BCUT2D eigenvalue weighted by molar-refractivity contribution is -0.137. The van der Waals surface area contributed by atoms with Gasteiger partial charge in [-0.15, -0.1) is 0 Å². The zero-order chi connectivity index (χ0) is 20.3. The van der Waals surface area contributed by atoms with E-state index in [4.69, 9.17) is 4.74 Å². The molecule has 1 aliphatic heterocycles. The van der Waals surface area contributed by atoms with Gasteiger partial charge in [0.25, 0.3) is 0 Å². The first kappa shape index (κ1) is 19.9. The molecule has 2 aromatic rings. The topological polar surface area (TPSA) is 58.6 Å². The van der Waals surface area contributed by atoms with Crippen molar-refractivity contribution in [3.63, 3.8) is 0 Å². The molecule has 6 nitrogen and oxygen atoms in total. The van der Waals surface area contributed by atoms with Gasteiger partial charge in [0.2, 0.25) is 0 Å². The highest BCUT2D eigenvalue weighted by molar-refractivity contribution is 5.68. The van der Waals surface area contributed by atoms with E-state index in [2.05, 4.69) is 9.97 Å². The molecule has 0 bridgehead atoms. The third-order valence-electron chi connectivity index (χ3n) is 4.44. The number of piperazine rings is 1. The monoisotopic (exact) mass is 394 g/mol. The summed E-state index contributed by atoms with van der Waals surface area (Å²) in [5, 5.41) is 0. The SMILES string of the molecule is CCOC(=O)N1CCN(c2cc(-c3cccc(C(F)(F)F)c3)nc(C)n2)CC1. The van der Waals surface area contributed by atoms with E-state index in [0.717, 1.165) is 12.1 Å². The van der Waals surface area contributed by atoms with Crippen LogP contribution in [0.25, 0.3) is 11.3 Å². The van der Waals surface area contributed by atoms with Crippen LogP contribution in [0, 0.1) is 6.92 Å². The van der Waals surface area contributed by atoms with Crippen molar-refractivity contribution in [2.45, 2.75) is 20.0 Å². The second-order valence-corrected chi connectivity index (χ2v) is 6.41. The number of amides is 1. The molecule has 0 saturated carbocycles. The number of carbonyl (C=O) groups is 1. The van der Waals surface area contributed by atoms with Gasteiger partial charge >= 0.3 is 12.3 Å². The number of hydrogen-bond donors (Lipinski definition) is 0. The maximum absolute atomic E-state index is 13.0. The molecule has 3 rings (SSSR count). The van der Waals surface area contributed by atoms with Crippen molar-refractivity contribution >= 4 is 11.9 Å². The van der Waals surface area contributed by atoms with Crippen LogP contribution in [0.2, 0.25) is 0 Å². The molecular formula is C19H21F3N4O2. The van der Waals surface area contributed by atoms with Crippen molar-refractivity contribution < 1.29 is 22.7 Å². The van der Waals surface area contributed by atoms with Crippen molar-refractivity contribution in [2.75, 3.05) is 37.7 Å². The molecule has 150 valence electrons. The van der Waals surface area contributed by atoms with Crippen LogP contribution >= 0.6 is 0 Å². The van der Waals surface area contributed by atoms with Crippen LogP contribution in [0.4, 0.5) is 23.8 Å². The Balaban J connectivity index is 1.81. The van der Waals surface area contributed by atoms with Crippen molar-refractivity contribution in [3.05, 3.63) is 41.7 Å². The minimum atomic E-state index is -4.41. The van der Waals surface area contributed by atoms with Crippen molar-refractivity contribution in [1.82, 2.24) is 14.9 Å². The Hall–Kier alpha value is -2.84. The van der Waals surface area contributed by atoms with Gasteiger partial charge in [0.1, 0.15) is 11.6 Å². The number of alkyl halides is 3. The second-order valence-electron chi connectivity index (χ2n) is 6.41. The molecule has 0 unspecified atom stereocenters. The lowest BCUT2D eigenvalue weighted by Gasteiger charge is -2.34. The second kappa shape index (κ2) is 8.04. The Kier molecular flexibility index (Phi) is 5.71. The highest BCUT2D eigenvalue weighted by atomic mass is 19.4. The third-order valence-corrected chi connectivity index (χ3v) is 4.44. The van der Waals surface area contributed by atoms with E-state index in [-0.39, 0.29) is 6.09 Å². The van der Waals surface area contributed by atoms with Gasteiger partial charge in [-0.25, -0.2) is 14.8 Å². The molecule has 2 heterocycles. The van der Waals surface area contributed by atoms with Gasteiger partial charge in [-0.05, 0) is 26.0 Å². The summed E-state index contributed by atoms with van der Waals surface area (Å²) in [5.41, 5.74) is 0.0963. The van der Waals surface area contributed by atoms with Crippen LogP contribution in [-0.4, -0.2) is 53.7 Å². The van der Waals surface area contributed by atoms with Crippen LogP contribution in [0.5, 0.6) is 0 Å². The lowest BCUT2D eigenvalue weighted by atomic mass is 10.1. The quantitative estimate of drug-likeness (QED) is 0.794. The number of carbonyl (C=O) groups excluding carboxylic acids is 1. The molecule has 1 aromatic carbocycles. The van der Waals surface area contributed by atoms with Crippen LogP contribution < -0.4 is 4.90 Å². The summed E-state index contributed by atoms with van der Waals surface area (Å²) in [6, 6.07) is 6.77. The minimum absolute atomic E-state index is 0.324. The molecule has 9 heteroatoms. The van der Waals surface area contributed by atoms with E-state index in [0.29, 0.717) is 55.7 Å². The maximum atomic E-state index is 13.0. The van der Waals surface area contributed by atoms with Gasteiger partial charge in [-0.2, -0.15) is 13.2 Å². The number of halogens is 3. The first-order valence-electron chi connectivity index (χ1n) is 8.98. The van der Waals surface area contributed by atoms with Crippen molar-refractivity contribution in [2.24, 2.45) is 0 Å². The highest BCUT2D eigenvalue weighted by Gasteiger charge is 2.30. The molecular weight excluding hydrogens is 373 g/mol.